The summed E-state index contributed by atoms with van der Waals surface area (Å²) in [6.07, 6.45) is 3.96. The van der Waals surface area contributed by atoms with Crippen molar-refractivity contribution >= 4 is 11.6 Å². The summed E-state index contributed by atoms with van der Waals surface area (Å²) in [5, 5.41) is 8.71. The summed E-state index contributed by atoms with van der Waals surface area (Å²) in [5.41, 5.74) is 1.14. The summed E-state index contributed by atoms with van der Waals surface area (Å²) in [6, 6.07) is 0.288. The smallest absolute Gasteiger partial charge is 0.0834 e. The zero-order chi connectivity index (χ0) is 12.8. The van der Waals surface area contributed by atoms with Gasteiger partial charge in [-0.2, -0.15) is 5.10 Å². The first-order valence-electron chi connectivity index (χ1n) is 6.56. The molecule has 0 aliphatic heterocycles. The van der Waals surface area contributed by atoms with Crippen LogP contribution < -0.4 is 5.32 Å². The van der Waals surface area contributed by atoms with Gasteiger partial charge in [0.05, 0.1) is 23.0 Å². The van der Waals surface area contributed by atoms with Gasteiger partial charge in [0.2, 0.25) is 0 Å². The van der Waals surface area contributed by atoms with Crippen molar-refractivity contribution in [3.05, 3.63) is 16.9 Å². The normalized spacial score (nSPS) is 13.3. The van der Waals surface area contributed by atoms with E-state index in [-0.39, 0.29) is 6.04 Å². The number of hydrogen-bond donors (Lipinski definition) is 1. The lowest BCUT2D eigenvalue weighted by Crippen LogP contribution is -2.29. The standard InChI is InChI=1S/C13H24ClN3/c1-5-7-15-12(10(3)4)13-11(14)9-16-17(13)8-6-2/h9-10,12,15H,5-8H2,1-4H3. The molecule has 1 N–H and O–H groups in total. The van der Waals surface area contributed by atoms with Crippen molar-refractivity contribution in [2.45, 2.75) is 53.1 Å². The lowest BCUT2D eigenvalue weighted by atomic mass is 10.0. The van der Waals surface area contributed by atoms with E-state index >= 15 is 0 Å². The lowest BCUT2D eigenvalue weighted by molar-refractivity contribution is 0.381. The fraction of sp³-hybridized carbons (Fsp3) is 0.769. The van der Waals surface area contributed by atoms with Gasteiger partial charge in [0.25, 0.3) is 0 Å². The molecule has 1 unspecified atom stereocenters. The molecule has 0 saturated heterocycles. The van der Waals surface area contributed by atoms with Crippen molar-refractivity contribution < 1.29 is 0 Å². The Morgan fingerprint density at radius 1 is 1.35 bits per heavy atom. The van der Waals surface area contributed by atoms with Gasteiger partial charge in [0, 0.05) is 6.54 Å². The number of aryl methyl sites for hydroxylation is 1. The fourth-order valence-corrected chi connectivity index (χ4v) is 2.28. The van der Waals surface area contributed by atoms with E-state index in [0.29, 0.717) is 5.92 Å². The monoisotopic (exact) mass is 257 g/mol. The number of halogens is 1. The highest BCUT2D eigenvalue weighted by molar-refractivity contribution is 6.31. The molecule has 0 aliphatic carbocycles. The Labute approximate surface area is 110 Å². The van der Waals surface area contributed by atoms with Crippen LogP contribution in [-0.4, -0.2) is 16.3 Å². The average molecular weight is 258 g/mol. The van der Waals surface area contributed by atoms with E-state index in [1.807, 2.05) is 4.68 Å². The number of nitrogens with zero attached hydrogens (tertiary/aromatic N) is 2. The van der Waals surface area contributed by atoms with Gasteiger partial charge in [-0.1, -0.05) is 39.3 Å². The topological polar surface area (TPSA) is 29.9 Å². The van der Waals surface area contributed by atoms with E-state index in [2.05, 4.69) is 38.1 Å². The molecule has 0 aliphatic rings. The second-order valence-electron chi connectivity index (χ2n) is 4.78. The quantitative estimate of drug-likeness (QED) is 0.808. The number of rotatable bonds is 7. The predicted molar refractivity (Wildman–Crippen MR) is 73.4 cm³/mol. The Morgan fingerprint density at radius 2 is 2.06 bits per heavy atom. The van der Waals surface area contributed by atoms with E-state index in [4.69, 9.17) is 11.6 Å². The molecule has 98 valence electrons. The van der Waals surface area contributed by atoms with Gasteiger partial charge in [-0.3, -0.25) is 4.68 Å². The number of aromatic nitrogens is 2. The van der Waals surface area contributed by atoms with Crippen LogP contribution in [0.1, 0.15) is 52.3 Å². The third-order valence-electron chi connectivity index (χ3n) is 2.84. The second-order valence-corrected chi connectivity index (χ2v) is 5.18. The van der Waals surface area contributed by atoms with Crippen LogP contribution in [-0.2, 0) is 6.54 Å². The molecule has 0 saturated carbocycles. The van der Waals surface area contributed by atoms with Crippen molar-refractivity contribution in [3.8, 4) is 0 Å². The van der Waals surface area contributed by atoms with Crippen molar-refractivity contribution in [3.63, 3.8) is 0 Å². The molecule has 0 amide bonds. The van der Waals surface area contributed by atoms with Gasteiger partial charge < -0.3 is 5.32 Å². The van der Waals surface area contributed by atoms with Crippen LogP contribution in [0.15, 0.2) is 6.20 Å². The summed E-state index contributed by atoms with van der Waals surface area (Å²) in [4.78, 5) is 0. The first kappa shape index (κ1) is 14.5. The first-order chi connectivity index (χ1) is 8.11. The molecule has 3 nitrogen and oxygen atoms in total. The number of hydrogen-bond acceptors (Lipinski definition) is 2. The molecular weight excluding hydrogens is 234 g/mol. The Balaban J connectivity index is 2.95. The van der Waals surface area contributed by atoms with Crippen LogP contribution >= 0.6 is 11.6 Å². The minimum Gasteiger partial charge on any atom is -0.308 e. The van der Waals surface area contributed by atoms with Gasteiger partial charge in [-0.15, -0.1) is 0 Å². The summed E-state index contributed by atoms with van der Waals surface area (Å²) in [6.45, 7) is 10.7. The molecule has 0 spiro atoms. The van der Waals surface area contributed by atoms with Crippen LogP contribution in [0.2, 0.25) is 5.02 Å². The van der Waals surface area contributed by atoms with Gasteiger partial charge in [0.15, 0.2) is 0 Å². The molecule has 1 heterocycles. The molecule has 4 heteroatoms. The van der Waals surface area contributed by atoms with Crippen molar-refractivity contribution in [1.82, 2.24) is 15.1 Å². The van der Waals surface area contributed by atoms with Crippen molar-refractivity contribution in [2.75, 3.05) is 6.54 Å². The van der Waals surface area contributed by atoms with E-state index in [9.17, 15) is 0 Å². The Bertz CT molecular complexity index is 333. The second kappa shape index (κ2) is 7.02. The maximum atomic E-state index is 6.28. The summed E-state index contributed by atoms with van der Waals surface area (Å²) >= 11 is 6.28. The molecule has 0 radical (unpaired) electrons. The van der Waals surface area contributed by atoms with Crippen LogP contribution in [0, 0.1) is 5.92 Å². The predicted octanol–water partition coefficient (Wildman–Crippen LogP) is 3.64. The lowest BCUT2D eigenvalue weighted by Gasteiger charge is -2.24. The summed E-state index contributed by atoms with van der Waals surface area (Å²) in [5.74, 6) is 0.506. The molecule has 17 heavy (non-hydrogen) atoms. The molecule has 1 aromatic heterocycles. The SMILES string of the molecule is CCCNC(c1c(Cl)cnn1CCC)C(C)C. The third kappa shape index (κ3) is 3.71. The first-order valence-corrected chi connectivity index (χ1v) is 6.94. The summed E-state index contributed by atoms with van der Waals surface area (Å²) in [7, 11) is 0. The van der Waals surface area contributed by atoms with Crippen LogP contribution in [0.3, 0.4) is 0 Å². The van der Waals surface area contributed by atoms with E-state index in [1.165, 1.54) is 0 Å². The van der Waals surface area contributed by atoms with E-state index < -0.39 is 0 Å². The zero-order valence-corrected chi connectivity index (χ0v) is 12.1. The molecule has 0 aromatic carbocycles. The van der Waals surface area contributed by atoms with E-state index in [1.54, 1.807) is 6.20 Å². The van der Waals surface area contributed by atoms with Gasteiger partial charge in [0.1, 0.15) is 0 Å². The minimum absolute atomic E-state index is 0.288. The van der Waals surface area contributed by atoms with Crippen LogP contribution in [0.5, 0.6) is 0 Å². The fourth-order valence-electron chi connectivity index (χ4n) is 2.02. The highest BCUT2D eigenvalue weighted by atomic mass is 35.5. The minimum atomic E-state index is 0.288. The molecule has 1 rings (SSSR count). The largest absolute Gasteiger partial charge is 0.308 e. The third-order valence-corrected chi connectivity index (χ3v) is 3.14. The van der Waals surface area contributed by atoms with Crippen molar-refractivity contribution in [1.29, 1.82) is 0 Å². The van der Waals surface area contributed by atoms with Crippen LogP contribution in [0.25, 0.3) is 0 Å². The zero-order valence-electron chi connectivity index (χ0n) is 11.3. The van der Waals surface area contributed by atoms with Crippen LogP contribution in [0.4, 0.5) is 0 Å². The highest BCUT2D eigenvalue weighted by Gasteiger charge is 2.22. The molecular formula is C13H24ClN3. The Kier molecular flexibility index (Phi) is 6.00. The Morgan fingerprint density at radius 3 is 2.59 bits per heavy atom. The summed E-state index contributed by atoms with van der Waals surface area (Å²) < 4.78 is 2.04. The average Bonchev–Trinajstić information content (AvgIpc) is 2.62. The highest BCUT2D eigenvalue weighted by Crippen LogP contribution is 2.28. The molecule has 0 fully saturated rings. The van der Waals surface area contributed by atoms with E-state index in [0.717, 1.165) is 36.6 Å². The van der Waals surface area contributed by atoms with Gasteiger partial charge >= 0.3 is 0 Å². The van der Waals surface area contributed by atoms with Gasteiger partial charge in [-0.05, 0) is 25.3 Å². The van der Waals surface area contributed by atoms with Gasteiger partial charge in [-0.25, -0.2) is 0 Å². The molecule has 1 aromatic rings. The maximum Gasteiger partial charge on any atom is 0.0834 e. The maximum absolute atomic E-state index is 6.28. The molecule has 0 bridgehead atoms. The molecule has 1 atom stereocenters. The van der Waals surface area contributed by atoms with Crippen molar-refractivity contribution in [2.24, 2.45) is 5.92 Å². The number of nitrogens with one attached hydrogen (secondary N) is 1. The Hall–Kier alpha value is -0.540.